The number of nitrogens with one attached hydrogen (secondary N) is 3. The molecule has 32 heavy (non-hydrogen) atoms. The number of ether oxygens (including phenoxy) is 3. The first-order valence-corrected chi connectivity index (χ1v) is 10.5. The van der Waals surface area contributed by atoms with Crippen molar-refractivity contribution < 1.29 is 19.0 Å². The summed E-state index contributed by atoms with van der Waals surface area (Å²) in [6, 6.07) is 15.2. The number of rotatable bonds is 8. The maximum atomic E-state index is 12.4. The molecule has 1 amide bonds. The molecular formula is C24H34N4O4. The van der Waals surface area contributed by atoms with Crippen molar-refractivity contribution in [3.8, 4) is 11.5 Å². The molecule has 0 heterocycles. The van der Waals surface area contributed by atoms with Crippen LogP contribution in [0.4, 0.5) is 4.79 Å². The predicted octanol–water partition coefficient (Wildman–Crippen LogP) is 3.63. The van der Waals surface area contributed by atoms with Crippen LogP contribution in [0, 0.1) is 0 Å². The number of carbonyl (C=O) groups is 1. The lowest BCUT2D eigenvalue weighted by Crippen LogP contribution is -2.44. The molecule has 2 rings (SSSR count). The Morgan fingerprint density at radius 1 is 1.00 bits per heavy atom. The van der Waals surface area contributed by atoms with Gasteiger partial charge in [-0.2, -0.15) is 0 Å². The standard InChI is InChI=1S/C24H34N4O4/c1-24(2,3)32-23(29)28-19(18-10-8-7-9-11-18)16-27-22(25-4)26-15-17-12-13-20(30-5)21(14-17)31-6/h7-14,19H,15-16H2,1-6H3,(H,28,29)(H2,25,26,27). The van der Waals surface area contributed by atoms with Gasteiger partial charge < -0.3 is 30.2 Å². The van der Waals surface area contributed by atoms with E-state index in [1.54, 1.807) is 21.3 Å². The van der Waals surface area contributed by atoms with Crippen LogP contribution in [0.2, 0.25) is 0 Å². The van der Waals surface area contributed by atoms with Crippen LogP contribution in [0.1, 0.15) is 37.9 Å². The number of hydrogen-bond acceptors (Lipinski definition) is 5. The van der Waals surface area contributed by atoms with Crippen molar-refractivity contribution in [1.29, 1.82) is 0 Å². The molecule has 3 N–H and O–H groups in total. The van der Waals surface area contributed by atoms with Gasteiger partial charge in [-0.05, 0) is 44.0 Å². The second-order valence-electron chi connectivity index (χ2n) is 8.11. The molecule has 0 spiro atoms. The van der Waals surface area contributed by atoms with Crippen molar-refractivity contribution in [1.82, 2.24) is 16.0 Å². The number of methoxy groups -OCH3 is 2. The molecule has 2 aromatic rings. The van der Waals surface area contributed by atoms with Gasteiger partial charge in [0.2, 0.25) is 0 Å². The van der Waals surface area contributed by atoms with Crippen LogP contribution in [0.15, 0.2) is 53.5 Å². The van der Waals surface area contributed by atoms with Crippen LogP contribution in [0.25, 0.3) is 0 Å². The molecule has 0 bridgehead atoms. The summed E-state index contributed by atoms with van der Waals surface area (Å²) < 4.78 is 16.1. The van der Waals surface area contributed by atoms with Gasteiger partial charge in [0.25, 0.3) is 0 Å². The maximum absolute atomic E-state index is 12.4. The first-order valence-electron chi connectivity index (χ1n) is 10.5. The summed E-state index contributed by atoms with van der Waals surface area (Å²) >= 11 is 0. The number of alkyl carbamates (subject to hydrolysis) is 1. The van der Waals surface area contributed by atoms with E-state index in [0.717, 1.165) is 11.1 Å². The summed E-state index contributed by atoms with van der Waals surface area (Å²) in [7, 11) is 4.91. The van der Waals surface area contributed by atoms with Crippen molar-refractivity contribution >= 4 is 12.1 Å². The van der Waals surface area contributed by atoms with Gasteiger partial charge in [0.15, 0.2) is 17.5 Å². The van der Waals surface area contributed by atoms with Gasteiger partial charge in [0, 0.05) is 20.1 Å². The summed E-state index contributed by atoms with van der Waals surface area (Å²) in [5, 5.41) is 9.48. The topological polar surface area (TPSA) is 93.2 Å². The van der Waals surface area contributed by atoms with Gasteiger partial charge in [0.05, 0.1) is 20.3 Å². The molecule has 0 saturated heterocycles. The van der Waals surface area contributed by atoms with E-state index in [2.05, 4.69) is 20.9 Å². The molecule has 1 atom stereocenters. The van der Waals surface area contributed by atoms with Gasteiger partial charge in [-0.25, -0.2) is 4.79 Å². The van der Waals surface area contributed by atoms with Gasteiger partial charge in [-0.3, -0.25) is 4.99 Å². The van der Waals surface area contributed by atoms with Crippen LogP contribution >= 0.6 is 0 Å². The Morgan fingerprint density at radius 2 is 1.69 bits per heavy atom. The average Bonchev–Trinajstić information content (AvgIpc) is 2.77. The lowest BCUT2D eigenvalue weighted by molar-refractivity contribution is 0.0504. The number of guanidine groups is 1. The monoisotopic (exact) mass is 442 g/mol. The van der Waals surface area contributed by atoms with E-state index in [4.69, 9.17) is 14.2 Å². The third-order valence-corrected chi connectivity index (χ3v) is 4.50. The Morgan fingerprint density at radius 3 is 2.28 bits per heavy atom. The van der Waals surface area contributed by atoms with Gasteiger partial charge in [-0.15, -0.1) is 0 Å². The summed E-state index contributed by atoms with van der Waals surface area (Å²) in [5.74, 6) is 1.95. The lowest BCUT2D eigenvalue weighted by Gasteiger charge is -2.25. The molecule has 2 aromatic carbocycles. The Hall–Kier alpha value is -3.42. The second kappa shape index (κ2) is 11.8. The van der Waals surface area contributed by atoms with Crippen LogP contribution in [0.5, 0.6) is 11.5 Å². The fraction of sp³-hybridized carbons (Fsp3) is 0.417. The summed E-state index contributed by atoms with van der Waals surface area (Å²) in [6.07, 6.45) is -0.471. The molecule has 0 aliphatic heterocycles. The molecule has 0 aliphatic rings. The number of aliphatic imine (C=N–C) groups is 1. The molecule has 0 saturated carbocycles. The zero-order valence-corrected chi connectivity index (χ0v) is 19.7. The summed E-state index contributed by atoms with van der Waals surface area (Å²) in [4.78, 5) is 16.6. The number of nitrogens with zero attached hydrogens (tertiary/aromatic N) is 1. The molecule has 8 nitrogen and oxygen atoms in total. The fourth-order valence-electron chi connectivity index (χ4n) is 2.98. The Labute approximate surface area is 190 Å². The smallest absolute Gasteiger partial charge is 0.408 e. The highest BCUT2D eigenvalue weighted by Crippen LogP contribution is 2.27. The van der Waals surface area contributed by atoms with E-state index in [1.165, 1.54) is 0 Å². The van der Waals surface area contributed by atoms with Crippen LogP contribution in [-0.2, 0) is 11.3 Å². The average molecular weight is 443 g/mol. The highest BCUT2D eigenvalue weighted by molar-refractivity contribution is 5.79. The van der Waals surface area contributed by atoms with Crippen LogP contribution < -0.4 is 25.4 Å². The van der Waals surface area contributed by atoms with E-state index >= 15 is 0 Å². The molecule has 1 unspecified atom stereocenters. The quantitative estimate of drug-likeness (QED) is 0.427. The molecule has 0 aliphatic carbocycles. The number of benzene rings is 2. The van der Waals surface area contributed by atoms with Crippen LogP contribution in [0.3, 0.4) is 0 Å². The van der Waals surface area contributed by atoms with Crippen molar-refractivity contribution in [2.24, 2.45) is 4.99 Å². The van der Waals surface area contributed by atoms with Gasteiger partial charge >= 0.3 is 6.09 Å². The van der Waals surface area contributed by atoms with Crippen molar-refractivity contribution in [2.75, 3.05) is 27.8 Å². The first kappa shape index (κ1) is 24.8. The minimum atomic E-state index is -0.574. The predicted molar refractivity (Wildman–Crippen MR) is 126 cm³/mol. The normalized spacial score (nSPS) is 12.5. The molecule has 0 fully saturated rings. The minimum Gasteiger partial charge on any atom is -0.493 e. The minimum absolute atomic E-state index is 0.300. The third kappa shape index (κ3) is 8.02. The highest BCUT2D eigenvalue weighted by atomic mass is 16.6. The van der Waals surface area contributed by atoms with E-state index in [-0.39, 0.29) is 6.04 Å². The fourth-order valence-corrected chi connectivity index (χ4v) is 2.98. The molecule has 8 heteroatoms. The van der Waals surface area contributed by atoms with Gasteiger partial charge in [-0.1, -0.05) is 36.4 Å². The van der Waals surface area contributed by atoms with Gasteiger partial charge in [0.1, 0.15) is 5.60 Å². The number of hydrogen-bond donors (Lipinski definition) is 3. The Bertz CT molecular complexity index is 895. The van der Waals surface area contributed by atoms with Crippen molar-refractivity contribution in [3.63, 3.8) is 0 Å². The zero-order chi connectivity index (χ0) is 23.6. The molecular weight excluding hydrogens is 408 g/mol. The van der Waals surface area contributed by atoms with Crippen molar-refractivity contribution in [2.45, 2.75) is 39.0 Å². The third-order valence-electron chi connectivity index (χ3n) is 4.50. The summed E-state index contributed by atoms with van der Waals surface area (Å²) in [5.41, 5.74) is 1.40. The zero-order valence-electron chi connectivity index (χ0n) is 19.7. The van der Waals surface area contributed by atoms with E-state index in [9.17, 15) is 4.79 Å². The molecule has 0 radical (unpaired) electrons. The molecule has 0 aromatic heterocycles. The largest absolute Gasteiger partial charge is 0.493 e. The maximum Gasteiger partial charge on any atom is 0.408 e. The van der Waals surface area contributed by atoms with E-state index in [0.29, 0.717) is 30.5 Å². The summed E-state index contributed by atoms with van der Waals surface area (Å²) in [6.45, 7) is 6.47. The van der Waals surface area contributed by atoms with Crippen LogP contribution in [-0.4, -0.2) is 45.5 Å². The van der Waals surface area contributed by atoms with Crippen molar-refractivity contribution in [3.05, 3.63) is 59.7 Å². The number of amides is 1. The number of carbonyl (C=O) groups excluding carboxylic acids is 1. The van der Waals surface area contributed by atoms with E-state index in [1.807, 2.05) is 69.3 Å². The Kier molecular flexibility index (Phi) is 9.19. The Balaban J connectivity index is 2.01. The SMILES string of the molecule is CN=C(NCc1ccc(OC)c(OC)c1)NCC(NC(=O)OC(C)(C)C)c1ccccc1. The first-order chi connectivity index (χ1) is 15.3. The lowest BCUT2D eigenvalue weighted by atomic mass is 10.1. The van der Waals surface area contributed by atoms with E-state index < -0.39 is 11.7 Å². The second-order valence-corrected chi connectivity index (χ2v) is 8.11. The molecule has 174 valence electrons. The highest BCUT2D eigenvalue weighted by Gasteiger charge is 2.20.